The molecule has 4 aromatic rings. The van der Waals surface area contributed by atoms with Gasteiger partial charge in [-0.15, -0.1) is 0 Å². The maximum atomic E-state index is 12.9. The van der Waals surface area contributed by atoms with Gasteiger partial charge >= 0.3 is 0 Å². The number of aryl methyl sites for hydroxylation is 1. The van der Waals surface area contributed by atoms with Gasteiger partial charge in [-0.1, -0.05) is 35.4 Å². The molecule has 134 valence electrons. The average molecular weight is 377 g/mol. The molecular weight excluding hydrogens is 360 g/mol. The van der Waals surface area contributed by atoms with Crippen molar-refractivity contribution in [1.82, 2.24) is 9.55 Å². The number of fused-ring (bicyclic) bond motifs is 2. The predicted molar refractivity (Wildman–Crippen MR) is 109 cm³/mol. The number of benzene rings is 2. The van der Waals surface area contributed by atoms with Crippen molar-refractivity contribution in [2.75, 3.05) is 0 Å². The number of halogens is 1. The maximum absolute atomic E-state index is 12.9. The summed E-state index contributed by atoms with van der Waals surface area (Å²) in [5.74, 6) is 0. The lowest BCUT2D eigenvalue weighted by molar-refractivity contribution is -0.107. The number of carbonyl (C=O) groups excluding carboxylic acids is 1. The molecule has 2 aromatic carbocycles. The van der Waals surface area contributed by atoms with Crippen LogP contribution in [-0.4, -0.2) is 15.8 Å². The van der Waals surface area contributed by atoms with Crippen LogP contribution in [0.4, 0.5) is 0 Å². The average Bonchev–Trinajstić information content (AvgIpc) is 2.68. The van der Waals surface area contributed by atoms with Crippen LogP contribution < -0.4 is 5.56 Å². The standard InChI is InChI=1S/C22H17ClN2O2/c1-13-5-6-14-17(12-13)22(27)25(2)19(9-11-26)20(14)16-7-8-18(23)15-4-3-10-24-21(15)16/h3-8,10-12H,9H2,1-2H3. The van der Waals surface area contributed by atoms with Crippen LogP contribution in [0.15, 0.2) is 53.5 Å². The van der Waals surface area contributed by atoms with Gasteiger partial charge in [0, 0.05) is 47.3 Å². The highest BCUT2D eigenvalue weighted by atomic mass is 35.5. The van der Waals surface area contributed by atoms with Gasteiger partial charge in [0.15, 0.2) is 0 Å². The zero-order chi connectivity index (χ0) is 19.1. The quantitative estimate of drug-likeness (QED) is 0.496. The lowest BCUT2D eigenvalue weighted by atomic mass is 9.93. The lowest BCUT2D eigenvalue weighted by Crippen LogP contribution is -2.22. The van der Waals surface area contributed by atoms with Crippen LogP contribution in [0.3, 0.4) is 0 Å². The van der Waals surface area contributed by atoms with E-state index in [1.54, 1.807) is 17.8 Å². The van der Waals surface area contributed by atoms with Crippen molar-refractivity contribution in [2.24, 2.45) is 7.05 Å². The summed E-state index contributed by atoms with van der Waals surface area (Å²) in [6, 6.07) is 13.3. The molecule has 2 aromatic heterocycles. The summed E-state index contributed by atoms with van der Waals surface area (Å²) in [6.07, 6.45) is 2.68. The number of pyridine rings is 2. The Bertz CT molecular complexity index is 1280. The van der Waals surface area contributed by atoms with Gasteiger partial charge in [-0.05, 0) is 36.6 Å². The van der Waals surface area contributed by atoms with Gasteiger partial charge in [0.05, 0.1) is 10.5 Å². The fourth-order valence-electron chi connectivity index (χ4n) is 3.64. The van der Waals surface area contributed by atoms with Gasteiger partial charge in [-0.2, -0.15) is 0 Å². The Hall–Kier alpha value is -2.98. The Morgan fingerprint density at radius 3 is 2.70 bits per heavy atom. The smallest absolute Gasteiger partial charge is 0.258 e. The molecule has 5 heteroatoms. The fraction of sp³-hybridized carbons (Fsp3) is 0.136. The molecule has 0 amide bonds. The minimum Gasteiger partial charge on any atom is -0.314 e. The summed E-state index contributed by atoms with van der Waals surface area (Å²) in [6.45, 7) is 1.96. The van der Waals surface area contributed by atoms with Gasteiger partial charge in [0.2, 0.25) is 0 Å². The second-order valence-corrected chi connectivity index (χ2v) is 7.01. The van der Waals surface area contributed by atoms with Crippen LogP contribution >= 0.6 is 11.6 Å². The molecule has 0 N–H and O–H groups in total. The summed E-state index contributed by atoms with van der Waals surface area (Å²) < 4.78 is 1.56. The molecule has 2 heterocycles. The van der Waals surface area contributed by atoms with E-state index in [2.05, 4.69) is 4.98 Å². The minimum absolute atomic E-state index is 0.111. The van der Waals surface area contributed by atoms with E-state index in [4.69, 9.17) is 11.6 Å². The number of rotatable bonds is 3. The molecule has 0 aliphatic carbocycles. The zero-order valence-electron chi connectivity index (χ0n) is 15.0. The first-order valence-electron chi connectivity index (χ1n) is 8.62. The van der Waals surface area contributed by atoms with Crippen LogP contribution in [-0.2, 0) is 18.3 Å². The number of aromatic nitrogens is 2. The third kappa shape index (κ3) is 2.73. The van der Waals surface area contributed by atoms with E-state index in [0.29, 0.717) is 16.1 Å². The number of nitrogens with zero attached hydrogens (tertiary/aromatic N) is 2. The Morgan fingerprint density at radius 1 is 1.11 bits per heavy atom. The third-order valence-electron chi connectivity index (χ3n) is 4.94. The van der Waals surface area contributed by atoms with Crippen LogP contribution in [0.1, 0.15) is 11.3 Å². The first-order valence-corrected chi connectivity index (χ1v) is 9.00. The van der Waals surface area contributed by atoms with Crippen molar-refractivity contribution in [3.63, 3.8) is 0 Å². The Balaban J connectivity index is 2.24. The molecule has 4 rings (SSSR count). The third-order valence-corrected chi connectivity index (χ3v) is 5.26. The number of hydrogen-bond acceptors (Lipinski definition) is 3. The molecular formula is C22H17ClN2O2. The van der Waals surface area contributed by atoms with Crippen molar-refractivity contribution in [3.05, 3.63) is 75.3 Å². The van der Waals surface area contributed by atoms with Gasteiger partial charge < -0.3 is 9.36 Å². The van der Waals surface area contributed by atoms with E-state index in [-0.39, 0.29) is 12.0 Å². The first-order chi connectivity index (χ1) is 13.0. The summed E-state index contributed by atoms with van der Waals surface area (Å²) in [5, 5.41) is 2.89. The summed E-state index contributed by atoms with van der Waals surface area (Å²) in [7, 11) is 1.71. The Labute approximate surface area is 161 Å². The van der Waals surface area contributed by atoms with Gasteiger partial charge in [0.1, 0.15) is 6.29 Å². The molecule has 0 saturated carbocycles. The summed E-state index contributed by atoms with van der Waals surface area (Å²) in [5.41, 5.74) is 4.02. The van der Waals surface area contributed by atoms with Crippen LogP contribution in [0.2, 0.25) is 5.02 Å². The highest BCUT2D eigenvalue weighted by molar-refractivity contribution is 6.36. The van der Waals surface area contributed by atoms with Crippen LogP contribution in [0.25, 0.3) is 32.8 Å². The number of hydrogen-bond donors (Lipinski definition) is 0. The molecule has 0 bridgehead atoms. The van der Waals surface area contributed by atoms with E-state index < -0.39 is 0 Å². The zero-order valence-corrected chi connectivity index (χ0v) is 15.7. The van der Waals surface area contributed by atoms with Crippen molar-refractivity contribution >= 4 is 39.6 Å². The maximum Gasteiger partial charge on any atom is 0.258 e. The molecule has 0 spiro atoms. The number of aldehydes is 1. The molecule has 4 nitrogen and oxygen atoms in total. The molecule has 0 unspecified atom stereocenters. The SMILES string of the molecule is Cc1ccc2c(-c3ccc(Cl)c4cccnc34)c(CC=O)n(C)c(=O)c2c1. The van der Waals surface area contributed by atoms with Crippen LogP contribution in [0.5, 0.6) is 0 Å². The van der Waals surface area contributed by atoms with Gasteiger partial charge in [-0.25, -0.2) is 0 Å². The normalized spacial score (nSPS) is 11.2. The Kier molecular flexibility index (Phi) is 4.28. The van der Waals surface area contributed by atoms with E-state index >= 15 is 0 Å². The van der Waals surface area contributed by atoms with E-state index in [9.17, 15) is 9.59 Å². The second kappa shape index (κ2) is 6.63. The molecule has 0 atom stereocenters. The van der Waals surface area contributed by atoms with Gasteiger partial charge in [0.25, 0.3) is 5.56 Å². The second-order valence-electron chi connectivity index (χ2n) is 6.60. The monoisotopic (exact) mass is 376 g/mol. The summed E-state index contributed by atoms with van der Waals surface area (Å²) >= 11 is 6.36. The van der Waals surface area contributed by atoms with Crippen molar-refractivity contribution < 1.29 is 4.79 Å². The van der Waals surface area contributed by atoms with Crippen molar-refractivity contribution in [3.8, 4) is 11.1 Å². The van der Waals surface area contributed by atoms with Crippen LogP contribution in [0, 0.1) is 6.92 Å². The molecule has 27 heavy (non-hydrogen) atoms. The lowest BCUT2D eigenvalue weighted by Gasteiger charge is -2.18. The van der Waals surface area contributed by atoms with Gasteiger partial charge in [-0.3, -0.25) is 9.78 Å². The highest BCUT2D eigenvalue weighted by Crippen LogP contribution is 2.37. The predicted octanol–water partition coefficient (Wildman–Crippen LogP) is 4.46. The van der Waals surface area contributed by atoms with Crippen molar-refractivity contribution in [1.29, 1.82) is 0 Å². The van der Waals surface area contributed by atoms with E-state index in [0.717, 1.165) is 39.3 Å². The van der Waals surface area contributed by atoms with Crippen molar-refractivity contribution in [2.45, 2.75) is 13.3 Å². The topological polar surface area (TPSA) is 52.0 Å². The minimum atomic E-state index is -0.111. The Morgan fingerprint density at radius 2 is 1.93 bits per heavy atom. The largest absolute Gasteiger partial charge is 0.314 e. The first kappa shape index (κ1) is 17.4. The molecule has 0 radical (unpaired) electrons. The molecule has 0 saturated heterocycles. The molecule has 0 aliphatic heterocycles. The highest BCUT2D eigenvalue weighted by Gasteiger charge is 2.19. The molecule has 0 fully saturated rings. The number of carbonyl (C=O) groups is 1. The summed E-state index contributed by atoms with van der Waals surface area (Å²) in [4.78, 5) is 28.8. The van der Waals surface area contributed by atoms with E-state index in [1.807, 2.05) is 49.4 Å². The fourth-order valence-corrected chi connectivity index (χ4v) is 3.85. The van der Waals surface area contributed by atoms with E-state index in [1.165, 1.54) is 0 Å². The molecule has 0 aliphatic rings.